The second-order valence-corrected chi connectivity index (χ2v) is 7.34. The standard InChI is InChI=1S/3C6H14N.C5H5.Ti/c3*1-3-5-7-6-4-2;1-2-4-5-3-1;/h3*3-6H2,1-2H3;1-3H,4H2;/q3*-1;;+3. The first-order valence-corrected chi connectivity index (χ1v) is 11.9. The molecule has 0 saturated carbocycles. The zero-order valence-electron chi connectivity index (χ0n) is 19.3. The Hall–Kier alpha value is 0.0743. The number of rotatable bonds is 12. The van der Waals surface area contributed by atoms with E-state index in [2.05, 4.69) is 96.2 Å². The van der Waals surface area contributed by atoms with Gasteiger partial charge in [0.25, 0.3) is 0 Å². The molecule has 0 atom stereocenters. The van der Waals surface area contributed by atoms with Gasteiger partial charge in [0.2, 0.25) is 0 Å². The Morgan fingerprint density at radius 2 is 0.926 bits per heavy atom. The van der Waals surface area contributed by atoms with Crippen LogP contribution in [0.5, 0.6) is 0 Å². The average Bonchev–Trinajstić information content (AvgIpc) is 3.16. The molecule has 0 unspecified atom stereocenters. The molecule has 158 valence electrons. The molecule has 4 heteroatoms. The summed E-state index contributed by atoms with van der Waals surface area (Å²) in [6.07, 6.45) is 14.7. The predicted octanol–water partition coefficient (Wildman–Crippen LogP) is 7.92. The number of hydrogen-bond acceptors (Lipinski definition) is 0. The van der Waals surface area contributed by atoms with Gasteiger partial charge in [-0.1, -0.05) is 80.1 Å². The van der Waals surface area contributed by atoms with Gasteiger partial charge in [0, 0.05) is 0 Å². The molecule has 0 heterocycles. The third kappa shape index (κ3) is 41.5. The minimum atomic E-state index is 1.05. The van der Waals surface area contributed by atoms with Gasteiger partial charge in [-0.15, -0.1) is 39.3 Å². The summed E-state index contributed by atoms with van der Waals surface area (Å²) in [5, 5.41) is 12.6. The van der Waals surface area contributed by atoms with Crippen LogP contribution in [0.15, 0.2) is 22.1 Å². The predicted molar refractivity (Wildman–Crippen MR) is 123 cm³/mol. The summed E-state index contributed by atoms with van der Waals surface area (Å²) < 4.78 is 1.47. The van der Waals surface area contributed by atoms with Gasteiger partial charge in [-0.3, -0.25) is 0 Å². The maximum atomic E-state index is 4.21. The van der Waals surface area contributed by atoms with Gasteiger partial charge in [-0.05, 0) is 0 Å². The Bertz CT molecular complexity index is 256. The summed E-state index contributed by atoms with van der Waals surface area (Å²) in [5.41, 5.74) is 0. The van der Waals surface area contributed by atoms with E-state index in [1.165, 1.54) is 48.8 Å². The van der Waals surface area contributed by atoms with Crippen LogP contribution in [0.4, 0.5) is 0 Å². The van der Waals surface area contributed by atoms with Crippen molar-refractivity contribution in [2.24, 2.45) is 0 Å². The molecule has 1 aliphatic carbocycles. The number of hydrogen-bond donors (Lipinski definition) is 0. The van der Waals surface area contributed by atoms with Crippen LogP contribution < -0.4 is 0 Å². The number of nitrogens with zero attached hydrogens (tertiary/aromatic N) is 3. The van der Waals surface area contributed by atoms with Crippen LogP contribution >= 0.6 is 0 Å². The van der Waals surface area contributed by atoms with Crippen LogP contribution in [0.1, 0.15) is 86.5 Å². The van der Waals surface area contributed by atoms with E-state index in [0.717, 1.165) is 39.3 Å². The van der Waals surface area contributed by atoms with Gasteiger partial charge in [0.15, 0.2) is 0 Å². The molecule has 0 N–H and O–H groups in total. The van der Waals surface area contributed by atoms with Crippen molar-refractivity contribution < 1.29 is 20.4 Å². The molecule has 0 aliphatic heterocycles. The van der Waals surface area contributed by atoms with E-state index in [9.17, 15) is 0 Å². The SMILES string of the molecule is CCC[N-]CCC.CCC[N-]CCC.CCC[N-]CCC.[Ti+3][C]1=CC=CC1. The summed E-state index contributed by atoms with van der Waals surface area (Å²) in [6.45, 7) is 19.2. The zero-order valence-corrected chi connectivity index (χ0v) is 20.8. The molecule has 0 saturated heterocycles. The Morgan fingerprint density at radius 1 is 0.630 bits per heavy atom. The van der Waals surface area contributed by atoms with Crippen molar-refractivity contribution in [3.8, 4) is 0 Å². The summed E-state index contributed by atoms with van der Waals surface area (Å²) in [4.78, 5) is 0. The first kappa shape index (κ1) is 31.8. The van der Waals surface area contributed by atoms with Crippen molar-refractivity contribution in [2.75, 3.05) is 39.3 Å². The molecule has 0 radical (unpaired) electrons. The molecule has 0 fully saturated rings. The van der Waals surface area contributed by atoms with E-state index in [-0.39, 0.29) is 0 Å². The van der Waals surface area contributed by atoms with E-state index >= 15 is 0 Å². The summed E-state index contributed by atoms with van der Waals surface area (Å²) >= 11 is 2.14. The molecule has 0 amide bonds. The van der Waals surface area contributed by atoms with E-state index in [4.69, 9.17) is 0 Å². The van der Waals surface area contributed by atoms with E-state index in [1.807, 2.05) is 0 Å². The van der Waals surface area contributed by atoms with E-state index in [1.54, 1.807) is 0 Å². The monoisotopic (exact) mass is 413 g/mol. The number of allylic oxidation sites excluding steroid dienone is 4. The molecule has 1 aliphatic rings. The normalized spacial score (nSPS) is 11.5. The van der Waals surface area contributed by atoms with Crippen molar-refractivity contribution in [2.45, 2.75) is 86.5 Å². The van der Waals surface area contributed by atoms with Crippen molar-refractivity contribution in [3.63, 3.8) is 0 Å². The third-order valence-electron chi connectivity index (χ3n) is 3.06. The first-order chi connectivity index (χ1) is 13.1. The van der Waals surface area contributed by atoms with E-state index < -0.39 is 0 Å². The summed E-state index contributed by atoms with van der Waals surface area (Å²) in [7, 11) is 0. The zero-order chi connectivity index (χ0) is 21.0. The van der Waals surface area contributed by atoms with Gasteiger partial charge >= 0.3 is 49.0 Å². The second kappa shape index (κ2) is 33.6. The quantitative estimate of drug-likeness (QED) is 0.230. The van der Waals surface area contributed by atoms with Gasteiger partial charge in [-0.25, -0.2) is 0 Å². The molecule has 0 aromatic rings. The van der Waals surface area contributed by atoms with Crippen LogP contribution in [0.25, 0.3) is 16.0 Å². The fourth-order valence-electron chi connectivity index (χ4n) is 1.73. The summed E-state index contributed by atoms with van der Waals surface area (Å²) in [6, 6.07) is 0. The maximum absolute atomic E-state index is 4.21. The molecule has 0 aromatic carbocycles. The van der Waals surface area contributed by atoms with Crippen LogP contribution in [-0.2, 0) is 20.4 Å². The van der Waals surface area contributed by atoms with Gasteiger partial charge in [0.1, 0.15) is 0 Å². The third-order valence-corrected chi connectivity index (χ3v) is 3.64. The van der Waals surface area contributed by atoms with Crippen LogP contribution in [0, 0.1) is 0 Å². The summed E-state index contributed by atoms with van der Waals surface area (Å²) in [5.74, 6) is 0. The molecule has 0 spiro atoms. The second-order valence-electron chi connectivity index (χ2n) is 6.34. The van der Waals surface area contributed by atoms with Gasteiger partial charge < -0.3 is 16.0 Å². The Morgan fingerprint density at radius 3 is 1.04 bits per heavy atom. The van der Waals surface area contributed by atoms with E-state index in [0.29, 0.717) is 0 Å². The Kier molecular flexibility index (Phi) is 39.6. The molecule has 0 bridgehead atoms. The van der Waals surface area contributed by atoms with Crippen molar-refractivity contribution in [1.29, 1.82) is 0 Å². The molecule has 1 rings (SSSR count). The van der Waals surface area contributed by atoms with Crippen molar-refractivity contribution in [1.82, 2.24) is 0 Å². The first-order valence-electron chi connectivity index (χ1n) is 11.1. The van der Waals surface area contributed by atoms with Gasteiger partial charge in [-0.2, -0.15) is 0 Å². The van der Waals surface area contributed by atoms with Crippen LogP contribution in [0.3, 0.4) is 0 Å². The molecular formula is C23H47N3Ti. The van der Waals surface area contributed by atoms with Crippen molar-refractivity contribution in [3.05, 3.63) is 38.1 Å². The fraction of sp³-hybridized carbons (Fsp3) is 0.826. The molecular weight excluding hydrogens is 366 g/mol. The van der Waals surface area contributed by atoms with Crippen LogP contribution in [0.2, 0.25) is 0 Å². The average molecular weight is 414 g/mol. The topological polar surface area (TPSA) is 42.3 Å². The van der Waals surface area contributed by atoms with Crippen molar-refractivity contribution >= 4 is 0 Å². The Labute approximate surface area is 184 Å². The molecule has 3 nitrogen and oxygen atoms in total. The minimum absolute atomic E-state index is 1.05. The van der Waals surface area contributed by atoms with Gasteiger partial charge in [0.05, 0.1) is 0 Å². The van der Waals surface area contributed by atoms with Crippen LogP contribution in [-0.4, -0.2) is 39.3 Å². The molecule has 0 aromatic heterocycles. The Balaban J connectivity index is -0.000000285. The molecule has 27 heavy (non-hydrogen) atoms. The fourth-order valence-corrected chi connectivity index (χ4v) is 2.07.